The van der Waals surface area contributed by atoms with Gasteiger partial charge in [0, 0.05) is 18.1 Å². The van der Waals surface area contributed by atoms with Crippen molar-refractivity contribution >= 4 is 28.9 Å². The fourth-order valence-corrected chi connectivity index (χ4v) is 5.72. The van der Waals surface area contributed by atoms with E-state index in [1.54, 1.807) is 11.0 Å². The molecule has 0 radical (unpaired) electrons. The first kappa shape index (κ1) is 24.8. The number of carboxylic acid groups (broad SMARTS) is 1. The van der Waals surface area contributed by atoms with Crippen molar-refractivity contribution in [3.8, 4) is 11.8 Å². The number of hydrogen-bond donors (Lipinski definition) is 3. The molecule has 1 amide bonds. The van der Waals surface area contributed by atoms with Crippen LogP contribution >= 0.6 is 11.3 Å². The third-order valence-electron chi connectivity index (χ3n) is 6.47. The summed E-state index contributed by atoms with van der Waals surface area (Å²) < 4.78 is 0. The molecule has 2 aliphatic rings. The molecular weight excluding hydrogens is 426 g/mol. The highest BCUT2D eigenvalue weighted by atomic mass is 32.1. The maximum atomic E-state index is 13.7. The maximum absolute atomic E-state index is 13.7. The Balaban J connectivity index is 2.06. The van der Waals surface area contributed by atoms with Gasteiger partial charge in [-0.25, -0.2) is 4.79 Å². The third kappa shape index (κ3) is 5.54. The molecule has 7 heteroatoms. The summed E-state index contributed by atoms with van der Waals surface area (Å²) >= 11 is 1.08. The Morgan fingerprint density at radius 2 is 1.94 bits per heavy atom. The van der Waals surface area contributed by atoms with Crippen LogP contribution in [0.5, 0.6) is 0 Å². The molecule has 1 saturated carbocycles. The van der Waals surface area contributed by atoms with Crippen LogP contribution in [0, 0.1) is 23.2 Å². The average Bonchev–Trinajstić information content (AvgIpc) is 3.17. The summed E-state index contributed by atoms with van der Waals surface area (Å²) in [6.45, 7) is 5.86. The Kier molecular flexibility index (Phi) is 7.69. The van der Waals surface area contributed by atoms with Crippen molar-refractivity contribution in [1.29, 1.82) is 0 Å². The lowest BCUT2D eigenvalue weighted by molar-refractivity contribution is -0.143. The van der Waals surface area contributed by atoms with Gasteiger partial charge >= 0.3 is 5.97 Å². The molecule has 1 aliphatic heterocycles. The van der Waals surface area contributed by atoms with E-state index in [-0.39, 0.29) is 29.4 Å². The third-order valence-corrected chi connectivity index (χ3v) is 7.50. The van der Waals surface area contributed by atoms with Crippen molar-refractivity contribution in [2.75, 3.05) is 11.5 Å². The average molecular weight is 462 g/mol. The summed E-state index contributed by atoms with van der Waals surface area (Å²) in [5, 5.41) is 30.4. The number of hydrogen-bond acceptors (Lipinski definition) is 5. The number of amides is 1. The highest BCUT2D eigenvalue weighted by Gasteiger charge is 2.49. The van der Waals surface area contributed by atoms with Gasteiger partial charge in [-0.1, -0.05) is 31.1 Å². The van der Waals surface area contributed by atoms with Crippen LogP contribution in [0.1, 0.15) is 93.1 Å². The summed E-state index contributed by atoms with van der Waals surface area (Å²) in [6, 6.07) is 1.58. The number of nitrogens with zero attached hydrogens (tertiary/aromatic N) is 1. The van der Waals surface area contributed by atoms with Gasteiger partial charge in [0.2, 0.25) is 0 Å². The zero-order valence-electron chi connectivity index (χ0n) is 19.3. The largest absolute Gasteiger partial charge is 0.477 e. The van der Waals surface area contributed by atoms with Gasteiger partial charge in [-0.05, 0) is 71.3 Å². The van der Waals surface area contributed by atoms with Gasteiger partial charge in [-0.15, -0.1) is 11.3 Å². The molecule has 2 heterocycles. The first-order valence-electron chi connectivity index (χ1n) is 11.6. The fourth-order valence-electron chi connectivity index (χ4n) is 4.88. The molecule has 0 spiro atoms. The predicted molar refractivity (Wildman–Crippen MR) is 126 cm³/mol. The number of piperidine rings is 1. The van der Waals surface area contributed by atoms with Crippen molar-refractivity contribution in [2.45, 2.75) is 90.2 Å². The lowest BCUT2D eigenvalue weighted by Crippen LogP contribution is -2.60. The highest BCUT2D eigenvalue weighted by Crippen LogP contribution is 2.43. The van der Waals surface area contributed by atoms with Gasteiger partial charge in [-0.3, -0.25) is 4.79 Å². The van der Waals surface area contributed by atoms with Crippen molar-refractivity contribution in [1.82, 2.24) is 0 Å². The van der Waals surface area contributed by atoms with Gasteiger partial charge in [-0.2, -0.15) is 0 Å². The molecule has 2 fully saturated rings. The summed E-state index contributed by atoms with van der Waals surface area (Å²) in [5.74, 6) is 4.97. The lowest BCUT2D eigenvalue weighted by atomic mass is 9.75. The van der Waals surface area contributed by atoms with Crippen LogP contribution in [0.2, 0.25) is 0 Å². The molecule has 1 aromatic heterocycles. The van der Waals surface area contributed by atoms with E-state index in [0.717, 1.165) is 37.0 Å². The Hall–Kier alpha value is -1.88. The van der Waals surface area contributed by atoms with Crippen LogP contribution < -0.4 is 4.90 Å². The SMILES string of the molecule is CC(C)(C)C#Cc1cc(N2C(=O)C(O)(CCCO)CCC2C2CCCCC2)c(C(=O)O)s1. The second-order valence-corrected chi connectivity index (χ2v) is 11.2. The summed E-state index contributed by atoms with van der Waals surface area (Å²) in [7, 11) is 0. The first-order valence-corrected chi connectivity index (χ1v) is 12.4. The second-order valence-electron chi connectivity index (χ2n) is 10.2. The molecule has 2 unspecified atom stereocenters. The molecule has 3 N–H and O–H groups in total. The quantitative estimate of drug-likeness (QED) is 0.545. The van der Waals surface area contributed by atoms with E-state index < -0.39 is 17.5 Å². The molecule has 176 valence electrons. The number of aliphatic hydroxyl groups excluding tert-OH is 1. The van der Waals surface area contributed by atoms with Gasteiger partial charge in [0.1, 0.15) is 10.5 Å². The van der Waals surface area contributed by atoms with Crippen molar-refractivity contribution < 1.29 is 24.9 Å². The van der Waals surface area contributed by atoms with Crippen LogP contribution in [0.25, 0.3) is 0 Å². The number of carbonyl (C=O) groups is 2. The van der Waals surface area contributed by atoms with Gasteiger partial charge < -0.3 is 20.2 Å². The van der Waals surface area contributed by atoms with Crippen LogP contribution in [0.4, 0.5) is 5.69 Å². The number of thiophene rings is 1. The molecule has 0 aromatic carbocycles. The standard InChI is InChI=1S/C25H35NO5S/c1-24(2,3)13-10-18-16-20(21(32-18)22(28)29)26-19(17-8-5-4-6-9-17)11-14-25(31,23(26)30)12-7-15-27/h16-17,19,27,31H,4-9,11-12,14-15H2,1-3H3,(H,28,29). The lowest BCUT2D eigenvalue weighted by Gasteiger charge is -2.47. The molecule has 1 saturated heterocycles. The minimum atomic E-state index is -1.58. The minimum absolute atomic E-state index is 0.0868. The first-order chi connectivity index (χ1) is 15.1. The maximum Gasteiger partial charge on any atom is 0.348 e. The van der Waals surface area contributed by atoms with Gasteiger partial charge in [0.15, 0.2) is 0 Å². The highest BCUT2D eigenvalue weighted by molar-refractivity contribution is 7.15. The summed E-state index contributed by atoms with van der Waals surface area (Å²) in [6.07, 6.45) is 6.86. The smallest absolute Gasteiger partial charge is 0.348 e. The van der Waals surface area contributed by atoms with Crippen molar-refractivity contribution in [2.24, 2.45) is 11.3 Å². The van der Waals surface area contributed by atoms with Crippen LogP contribution in [-0.2, 0) is 4.79 Å². The van der Waals surface area contributed by atoms with Crippen LogP contribution in [-0.4, -0.2) is 45.4 Å². The molecule has 3 rings (SSSR count). The second kappa shape index (κ2) is 9.94. The molecule has 1 aliphatic carbocycles. The number of aromatic carboxylic acids is 1. The topological polar surface area (TPSA) is 98.1 Å². The van der Waals surface area contributed by atoms with E-state index in [2.05, 4.69) is 11.8 Å². The Bertz CT molecular complexity index is 900. The van der Waals surface area contributed by atoms with E-state index >= 15 is 0 Å². The molecule has 1 aromatic rings. The zero-order chi connectivity index (χ0) is 23.5. The Morgan fingerprint density at radius 1 is 1.25 bits per heavy atom. The molecule has 0 bridgehead atoms. The number of anilines is 1. The van der Waals surface area contributed by atoms with E-state index in [9.17, 15) is 24.9 Å². The molecule has 32 heavy (non-hydrogen) atoms. The monoisotopic (exact) mass is 461 g/mol. The Labute approximate surface area is 194 Å². The number of carboxylic acids is 1. The normalized spacial score (nSPS) is 24.8. The number of aliphatic hydroxyl groups is 2. The number of rotatable bonds is 6. The van der Waals surface area contributed by atoms with Crippen LogP contribution in [0.15, 0.2) is 6.07 Å². The zero-order valence-corrected chi connectivity index (χ0v) is 20.1. The predicted octanol–water partition coefficient (Wildman–Crippen LogP) is 4.42. The van der Waals surface area contributed by atoms with E-state index in [4.69, 9.17) is 0 Å². The van der Waals surface area contributed by atoms with Gasteiger partial charge in [0.25, 0.3) is 5.91 Å². The molecule has 2 atom stereocenters. The molecule has 6 nitrogen and oxygen atoms in total. The molecular formula is C25H35NO5S. The summed E-state index contributed by atoms with van der Waals surface area (Å²) in [4.78, 5) is 28.1. The van der Waals surface area contributed by atoms with Crippen molar-refractivity contribution in [3.05, 3.63) is 15.8 Å². The van der Waals surface area contributed by atoms with Gasteiger partial charge in [0.05, 0.1) is 10.6 Å². The van der Waals surface area contributed by atoms with Crippen molar-refractivity contribution in [3.63, 3.8) is 0 Å². The van der Waals surface area contributed by atoms with E-state index in [1.165, 1.54) is 6.42 Å². The number of carbonyl (C=O) groups excluding carboxylic acids is 1. The minimum Gasteiger partial charge on any atom is -0.477 e. The van der Waals surface area contributed by atoms with E-state index in [1.807, 2.05) is 20.8 Å². The fraction of sp³-hybridized carbons (Fsp3) is 0.680. The Morgan fingerprint density at radius 3 is 2.53 bits per heavy atom. The van der Waals surface area contributed by atoms with E-state index in [0.29, 0.717) is 35.7 Å². The van der Waals surface area contributed by atoms with Crippen LogP contribution in [0.3, 0.4) is 0 Å². The summed E-state index contributed by atoms with van der Waals surface area (Å²) in [5.41, 5.74) is -1.46.